The molecule has 9 aromatic rings. The minimum Gasteiger partial charge on any atom is -0.309 e. The van der Waals surface area contributed by atoms with Crippen LogP contribution in [0.5, 0.6) is 0 Å². The Morgan fingerprint density at radius 3 is 1.19 bits per heavy atom. The number of nitrogens with zero attached hydrogens (tertiary/aromatic N) is 1. The Bertz CT molecular complexity index is 2960. The number of para-hydroxylation sites is 1. The molecular formula is C56H53N. The summed E-state index contributed by atoms with van der Waals surface area (Å²) in [4.78, 5) is 0. The van der Waals surface area contributed by atoms with Crippen LogP contribution in [0.25, 0.3) is 82.4 Å². The van der Waals surface area contributed by atoms with Gasteiger partial charge in [-0.15, -0.1) is 0 Å². The van der Waals surface area contributed by atoms with E-state index in [-0.39, 0.29) is 16.2 Å². The molecule has 57 heavy (non-hydrogen) atoms. The van der Waals surface area contributed by atoms with Crippen LogP contribution in [0, 0.1) is 0 Å². The summed E-state index contributed by atoms with van der Waals surface area (Å²) in [7, 11) is 0. The number of rotatable bonds is 4. The van der Waals surface area contributed by atoms with Crippen LogP contribution in [-0.2, 0) is 16.2 Å². The lowest BCUT2D eigenvalue weighted by Gasteiger charge is -2.25. The van der Waals surface area contributed by atoms with Crippen molar-refractivity contribution in [1.29, 1.82) is 0 Å². The van der Waals surface area contributed by atoms with Crippen LogP contribution in [0.2, 0.25) is 0 Å². The zero-order chi connectivity index (χ0) is 39.9. The van der Waals surface area contributed by atoms with Crippen molar-refractivity contribution >= 4 is 43.4 Å². The number of hydrogen-bond acceptors (Lipinski definition) is 0. The van der Waals surface area contributed by atoms with Gasteiger partial charge in [0, 0.05) is 16.5 Å². The SMILES string of the molecule is CC(C)(C)c1ccc2c(-c3ccc(-c4ccc5c(c4)c4cc(C(C)(C)C)ccc4n5-c4ccccc4)cc3)c3cc(C(C)(C)C)ccc3c(-c3ccccc3)c2c1. The first-order valence-corrected chi connectivity index (χ1v) is 20.5. The molecule has 0 atom stereocenters. The number of benzene rings is 8. The van der Waals surface area contributed by atoms with Gasteiger partial charge in [-0.25, -0.2) is 0 Å². The molecule has 0 saturated carbocycles. The highest BCUT2D eigenvalue weighted by atomic mass is 15.0. The molecule has 0 unspecified atom stereocenters. The Kier molecular flexibility index (Phi) is 8.59. The molecule has 0 aliphatic rings. The second kappa shape index (κ2) is 13.3. The maximum Gasteiger partial charge on any atom is 0.0541 e. The first-order valence-electron chi connectivity index (χ1n) is 20.5. The quantitative estimate of drug-likeness (QED) is 0.158. The van der Waals surface area contributed by atoms with Gasteiger partial charge >= 0.3 is 0 Å². The van der Waals surface area contributed by atoms with E-state index in [0.717, 1.165) is 0 Å². The van der Waals surface area contributed by atoms with Crippen molar-refractivity contribution in [2.24, 2.45) is 0 Å². The van der Waals surface area contributed by atoms with Crippen LogP contribution < -0.4 is 0 Å². The first-order chi connectivity index (χ1) is 27.2. The summed E-state index contributed by atoms with van der Waals surface area (Å²) in [5.74, 6) is 0. The highest BCUT2D eigenvalue weighted by molar-refractivity contribution is 6.21. The Labute approximate surface area is 338 Å². The standard InChI is InChI=1S/C56H53N/c1-54(2,3)40-26-29-45-48(34-40)52(37-16-12-10-13-17-37)44-28-25-41(55(4,5)6)35-49(44)53(45)38-22-20-36(21-23-38)39-24-30-50-46(32-39)47-33-42(56(7,8)9)27-31-51(47)57(50)43-18-14-11-15-19-43/h10-35H,1-9H3. The Hall–Kier alpha value is -5.92. The van der Waals surface area contributed by atoms with Gasteiger partial charge in [-0.2, -0.15) is 0 Å². The molecule has 0 amide bonds. The van der Waals surface area contributed by atoms with Crippen LogP contribution in [-0.4, -0.2) is 4.57 Å². The molecule has 0 radical (unpaired) electrons. The Morgan fingerprint density at radius 1 is 0.298 bits per heavy atom. The van der Waals surface area contributed by atoms with E-state index < -0.39 is 0 Å². The highest BCUT2D eigenvalue weighted by Gasteiger charge is 2.23. The lowest BCUT2D eigenvalue weighted by Crippen LogP contribution is -2.11. The number of hydrogen-bond donors (Lipinski definition) is 0. The average molecular weight is 740 g/mol. The molecule has 0 N–H and O–H groups in total. The minimum absolute atomic E-state index is 0.0171. The third kappa shape index (κ3) is 6.44. The molecule has 8 aromatic carbocycles. The van der Waals surface area contributed by atoms with E-state index in [0.29, 0.717) is 0 Å². The number of aromatic nitrogens is 1. The second-order valence-electron chi connectivity index (χ2n) is 19.1. The van der Waals surface area contributed by atoms with Crippen LogP contribution >= 0.6 is 0 Å². The van der Waals surface area contributed by atoms with Gasteiger partial charge in [-0.3, -0.25) is 0 Å². The summed E-state index contributed by atoms with van der Waals surface area (Å²) in [6, 6.07) is 59.5. The Morgan fingerprint density at radius 2 is 0.684 bits per heavy atom. The average Bonchev–Trinajstić information content (AvgIpc) is 3.52. The summed E-state index contributed by atoms with van der Waals surface area (Å²) < 4.78 is 2.41. The zero-order valence-corrected chi connectivity index (χ0v) is 35.0. The van der Waals surface area contributed by atoms with Crippen molar-refractivity contribution in [3.05, 3.63) is 174 Å². The smallest absolute Gasteiger partial charge is 0.0541 e. The van der Waals surface area contributed by atoms with Crippen molar-refractivity contribution in [3.63, 3.8) is 0 Å². The van der Waals surface area contributed by atoms with E-state index >= 15 is 0 Å². The van der Waals surface area contributed by atoms with Gasteiger partial charge in [-0.1, -0.05) is 172 Å². The van der Waals surface area contributed by atoms with Gasteiger partial charge in [0.05, 0.1) is 11.0 Å². The van der Waals surface area contributed by atoms with Crippen LogP contribution in [0.3, 0.4) is 0 Å². The molecule has 0 fully saturated rings. The fraction of sp³-hybridized carbons (Fsp3) is 0.214. The van der Waals surface area contributed by atoms with E-state index in [4.69, 9.17) is 0 Å². The summed E-state index contributed by atoms with van der Waals surface area (Å²) in [5.41, 5.74) is 15.3. The summed E-state index contributed by atoms with van der Waals surface area (Å²) in [6.45, 7) is 20.8. The topological polar surface area (TPSA) is 4.93 Å². The lowest BCUT2D eigenvalue weighted by atomic mass is 9.79. The van der Waals surface area contributed by atoms with Crippen molar-refractivity contribution in [2.75, 3.05) is 0 Å². The Balaban J connectivity index is 1.26. The summed E-state index contributed by atoms with van der Waals surface area (Å²) in [6.07, 6.45) is 0. The predicted octanol–water partition coefficient (Wildman–Crippen LogP) is 16.0. The molecular weight excluding hydrogens is 687 g/mol. The van der Waals surface area contributed by atoms with Gasteiger partial charge in [0.1, 0.15) is 0 Å². The molecule has 1 nitrogen and oxygen atoms in total. The maximum atomic E-state index is 2.46. The van der Waals surface area contributed by atoms with Crippen molar-refractivity contribution < 1.29 is 0 Å². The molecule has 0 aliphatic carbocycles. The van der Waals surface area contributed by atoms with E-state index in [1.54, 1.807) is 0 Å². The third-order valence-electron chi connectivity index (χ3n) is 12.1. The second-order valence-corrected chi connectivity index (χ2v) is 19.1. The zero-order valence-electron chi connectivity index (χ0n) is 35.0. The third-order valence-corrected chi connectivity index (χ3v) is 12.1. The van der Waals surface area contributed by atoms with Crippen LogP contribution in [0.1, 0.15) is 79.0 Å². The largest absolute Gasteiger partial charge is 0.309 e. The van der Waals surface area contributed by atoms with E-state index in [1.807, 2.05) is 0 Å². The van der Waals surface area contributed by atoms with Crippen molar-refractivity contribution in [2.45, 2.75) is 78.6 Å². The van der Waals surface area contributed by atoms with Gasteiger partial charge < -0.3 is 4.57 Å². The molecule has 0 spiro atoms. The molecule has 1 heteroatoms. The molecule has 1 aromatic heterocycles. The normalized spacial score (nSPS) is 12.6. The molecule has 1 heterocycles. The van der Waals surface area contributed by atoms with Gasteiger partial charge in [0.25, 0.3) is 0 Å². The minimum atomic E-state index is 0.0171. The summed E-state index contributed by atoms with van der Waals surface area (Å²) in [5, 5.41) is 7.76. The van der Waals surface area contributed by atoms with Crippen molar-refractivity contribution in [1.82, 2.24) is 4.57 Å². The molecule has 9 rings (SSSR count). The monoisotopic (exact) mass is 739 g/mol. The lowest BCUT2D eigenvalue weighted by molar-refractivity contribution is 0.590. The van der Waals surface area contributed by atoms with E-state index in [2.05, 4.69) is 225 Å². The molecule has 0 bridgehead atoms. The van der Waals surface area contributed by atoms with E-state index in [1.165, 1.54) is 99.1 Å². The molecule has 282 valence electrons. The first kappa shape index (κ1) is 36.7. The van der Waals surface area contributed by atoms with Gasteiger partial charge in [0.15, 0.2) is 0 Å². The fourth-order valence-electron chi connectivity index (χ4n) is 8.74. The van der Waals surface area contributed by atoms with Gasteiger partial charge in [0.2, 0.25) is 0 Å². The van der Waals surface area contributed by atoms with E-state index in [9.17, 15) is 0 Å². The molecule has 0 saturated heterocycles. The van der Waals surface area contributed by atoms with Crippen molar-refractivity contribution in [3.8, 4) is 39.1 Å². The highest BCUT2D eigenvalue weighted by Crippen LogP contribution is 2.46. The molecule has 0 aliphatic heterocycles. The van der Waals surface area contributed by atoms with Crippen LogP contribution in [0.15, 0.2) is 158 Å². The fourth-order valence-corrected chi connectivity index (χ4v) is 8.74. The summed E-state index contributed by atoms with van der Waals surface area (Å²) >= 11 is 0. The van der Waals surface area contributed by atoms with Gasteiger partial charge in [-0.05, 0) is 136 Å². The predicted molar refractivity (Wildman–Crippen MR) is 248 cm³/mol. The number of fused-ring (bicyclic) bond motifs is 5. The maximum absolute atomic E-state index is 2.46. The van der Waals surface area contributed by atoms with Crippen LogP contribution in [0.4, 0.5) is 0 Å².